The molecule has 0 bridgehead atoms. The minimum absolute atomic E-state index is 0.105. The molecule has 6 heterocycles. The number of carbonyl (C=O) groups excluding carboxylic acids is 1. The number of allylic oxidation sites excluding steroid dienone is 2. The summed E-state index contributed by atoms with van der Waals surface area (Å²) >= 11 is 0. The summed E-state index contributed by atoms with van der Waals surface area (Å²) < 4.78 is 71.1. The van der Waals surface area contributed by atoms with Gasteiger partial charge in [0.2, 0.25) is 6.29 Å². The Balaban J connectivity index is 0.784. The number of rotatable bonds is 15. The molecule has 546 valence electrons. The summed E-state index contributed by atoms with van der Waals surface area (Å²) in [5.41, 5.74) is -3.12. The van der Waals surface area contributed by atoms with Crippen molar-refractivity contribution in [2.75, 3.05) is 33.0 Å². The Bertz CT molecular complexity index is 2680. The van der Waals surface area contributed by atoms with Gasteiger partial charge in [0.05, 0.1) is 62.9 Å². The Morgan fingerprint density at radius 1 is 0.484 bits per heavy atom. The van der Waals surface area contributed by atoms with E-state index in [0.717, 1.165) is 5.57 Å². The average molecular weight is 1370 g/mol. The fourth-order valence-electron chi connectivity index (χ4n) is 19.0. The molecule has 30 unspecified atom stereocenters. The fraction of sp³-hybridized carbons (Fsp3) is 0.953. The van der Waals surface area contributed by atoms with Crippen LogP contribution in [0.4, 0.5) is 0 Å². The molecule has 0 aromatic heterocycles. The van der Waals surface area contributed by atoms with Crippen LogP contribution in [0, 0.1) is 50.2 Å². The van der Waals surface area contributed by atoms with Crippen LogP contribution in [0.3, 0.4) is 0 Å². The Morgan fingerprint density at radius 2 is 1.02 bits per heavy atom. The molecular weight excluding hydrogens is 1260 g/mol. The van der Waals surface area contributed by atoms with Crippen LogP contribution in [0.15, 0.2) is 11.6 Å². The number of hydrogen-bond donors (Lipinski definition) is 18. The Morgan fingerprint density at radius 3 is 1.67 bits per heavy atom. The number of fused-ring (bicyclic) bond motifs is 7. The van der Waals surface area contributed by atoms with Gasteiger partial charge < -0.3 is 149 Å². The lowest BCUT2D eigenvalue weighted by Crippen LogP contribution is -2.70. The van der Waals surface area contributed by atoms with Crippen molar-refractivity contribution in [3.05, 3.63) is 11.6 Å². The van der Waals surface area contributed by atoms with Crippen LogP contribution in [0.5, 0.6) is 0 Å². The standard InChI is InChI=1S/C64H104O31/c1-24-35(71)39(75)42(78)53(86-24)91-48-30(70)22-84-52(45(48)81)90-47-25(2)87-54(44(80)41(47)77)93-50-36(72)29(69)21-85-57(50)95-58(83)64-15-13-59(3,4)17-27(64)26-9-10-34-60(5)18-28(68)51(61(6,23-67)33(60)11-12-63(34,8)62(26,7)14-16-64)94-56-46(82)49(38(74)32(20-66)89-56)92-55-43(79)40(76)37(73)31(19-65)88-55/h9,24-25,27-57,65-82H,10-23H2,1-8H3/t24?,25?,27-,28?,29?,30?,31?,32?,33+,34+,35?,36?,37?,38?,39?,40?,41?,42?,43?,44?,45?,46?,47?,48?,49?,50?,51?,52?,53?,54?,55?,56?,57?,60-,61-,62+,63+,64-/m0/s1. The van der Waals surface area contributed by atoms with Crippen molar-refractivity contribution in [1.29, 1.82) is 0 Å². The number of carbonyl (C=O) groups is 1. The summed E-state index contributed by atoms with van der Waals surface area (Å²) in [7, 11) is 0. The second-order valence-corrected chi connectivity index (χ2v) is 31.0. The molecular formula is C64H104O31. The molecule has 0 aromatic rings. The Labute approximate surface area is 550 Å². The molecule has 6 aliphatic heterocycles. The third kappa shape index (κ3) is 12.6. The van der Waals surface area contributed by atoms with E-state index in [1.807, 2.05) is 6.92 Å². The first-order valence-corrected chi connectivity index (χ1v) is 33.6. The highest BCUT2D eigenvalue weighted by Gasteiger charge is 2.72. The predicted molar refractivity (Wildman–Crippen MR) is 316 cm³/mol. The molecule has 0 amide bonds. The van der Waals surface area contributed by atoms with Gasteiger partial charge in [0.25, 0.3) is 0 Å². The van der Waals surface area contributed by atoms with Crippen molar-refractivity contribution in [2.45, 2.75) is 297 Å². The van der Waals surface area contributed by atoms with Gasteiger partial charge in [0, 0.05) is 5.41 Å². The van der Waals surface area contributed by atoms with Gasteiger partial charge in [0.1, 0.15) is 116 Å². The van der Waals surface area contributed by atoms with E-state index in [1.165, 1.54) is 13.8 Å². The van der Waals surface area contributed by atoms with E-state index in [0.29, 0.717) is 51.4 Å². The molecule has 18 N–H and O–H groups in total. The number of aliphatic hydroxyl groups excluding tert-OH is 18. The molecule has 5 aliphatic carbocycles. The molecule has 95 heavy (non-hydrogen) atoms. The minimum Gasteiger partial charge on any atom is -0.432 e. The lowest BCUT2D eigenvalue weighted by molar-refractivity contribution is -0.377. The van der Waals surface area contributed by atoms with Gasteiger partial charge in [-0.3, -0.25) is 4.79 Å². The number of ether oxygens (including phenoxy) is 12. The van der Waals surface area contributed by atoms with Crippen LogP contribution >= 0.6 is 0 Å². The van der Waals surface area contributed by atoms with E-state index in [-0.39, 0.29) is 29.6 Å². The number of esters is 1. The second kappa shape index (κ2) is 27.7. The van der Waals surface area contributed by atoms with Crippen LogP contribution in [-0.2, 0) is 61.6 Å². The monoisotopic (exact) mass is 1370 g/mol. The first kappa shape index (κ1) is 74.2. The highest BCUT2D eigenvalue weighted by atomic mass is 16.8. The van der Waals surface area contributed by atoms with Gasteiger partial charge in [-0.15, -0.1) is 0 Å². The summed E-state index contributed by atoms with van der Waals surface area (Å²) in [5, 5.41) is 198. The highest BCUT2D eigenvalue weighted by Crippen LogP contribution is 2.76. The molecule has 38 atom stereocenters. The summed E-state index contributed by atoms with van der Waals surface area (Å²) in [5.74, 6) is -1.40. The van der Waals surface area contributed by atoms with Crippen molar-refractivity contribution >= 4 is 5.97 Å². The molecule has 0 aromatic carbocycles. The van der Waals surface area contributed by atoms with E-state index in [2.05, 4.69) is 40.7 Å². The maximum Gasteiger partial charge on any atom is 0.315 e. The quantitative estimate of drug-likeness (QED) is 0.0414. The SMILES string of the molecule is CC1OC(OC2C(O)COC(OC3C(C)OC(OC4C(OC(=O)[C@]56CCC(C)(C)C[C@H]5C5=CC[C@@H]7[C@@]8(C)CC(O)C(OC9OC(CO)C(O)C(OC%10OC(CO)C(O)C(O)C%10O)C9O)[C@@](C)(CO)[C@@H]8CC[C@@]7(C)[C@]5(C)CC6)OCC(O)C4O)C(O)C3O)C2O)C(O)C(O)C1O. The molecule has 4 saturated carbocycles. The van der Waals surface area contributed by atoms with E-state index in [9.17, 15) is 91.9 Å². The van der Waals surface area contributed by atoms with Crippen molar-refractivity contribution in [3.63, 3.8) is 0 Å². The lowest BCUT2D eigenvalue weighted by atomic mass is 9.33. The molecule has 31 nitrogen and oxygen atoms in total. The van der Waals surface area contributed by atoms with Gasteiger partial charge >= 0.3 is 5.97 Å². The van der Waals surface area contributed by atoms with Crippen molar-refractivity contribution in [2.24, 2.45) is 50.2 Å². The summed E-state index contributed by atoms with van der Waals surface area (Å²) in [6.45, 7) is 12.6. The number of hydrogen-bond acceptors (Lipinski definition) is 31. The molecule has 11 rings (SSSR count). The Kier molecular flexibility index (Phi) is 21.6. The van der Waals surface area contributed by atoms with Crippen LogP contribution in [0.1, 0.15) is 113 Å². The molecule has 10 fully saturated rings. The molecule has 31 heteroatoms. The van der Waals surface area contributed by atoms with E-state index in [1.54, 1.807) is 0 Å². The normalized spacial score (nSPS) is 55.6. The van der Waals surface area contributed by atoms with Crippen LogP contribution < -0.4 is 0 Å². The fourth-order valence-corrected chi connectivity index (χ4v) is 19.0. The van der Waals surface area contributed by atoms with E-state index in [4.69, 9.17) is 56.8 Å². The largest absolute Gasteiger partial charge is 0.432 e. The second-order valence-electron chi connectivity index (χ2n) is 31.0. The zero-order valence-electron chi connectivity index (χ0n) is 54.9. The van der Waals surface area contributed by atoms with E-state index < -0.39 is 250 Å². The Hall–Kier alpha value is -1.95. The molecule has 11 aliphatic rings. The lowest BCUT2D eigenvalue weighted by Gasteiger charge is -2.72. The zero-order chi connectivity index (χ0) is 69.3. The van der Waals surface area contributed by atoms with Crippen molar-refractivity contribution < 1.29 is 154 Å². The van der Waals surface area contributed by atoms with Crippen LogP contribution in [0.2, 0.25) is 0 Å². The molecule has 0 radical (unpaired) electrons. The summed E-state index contributed by atoms with van der Waals surface area (Å²) in [4.78, 5) is 15.5. The maximum atomic E-state index is 15.5. The van der Waals surface area contributed by atoms with Crippen molar-refractivity contribution in [3.8, 4) is 0 Å². The predicted octanol–water partition coefficient (Wildman–Crippen LogP) is -5.11. The van der Waals surface area contributed by atoms with Gasteiger partial charge in [-0.2, -0.15) is 0 Å². The smallest absolute Gasteiger partial charge is 0.315 e. The number of aliphatic hydroxyl groups is 18. The molecule has 6 saturated heterocycles. The minimum atomic E-state index is -1.96. The third-order valence-electron chi connectivity index (χ3n) is 24.9. The third-order valence-corrected chi connectivity index (χ3v) is 24.9. The van der Waals surface area contributed by atoms with Crippen molar-refractivity contribution in [1.82, 2.24) is 0 Å². The highest BCUT2D eigenvalue weighted by molar-refractivity contribution is 5.79. The van der Waals surface area contributed by atoms with Gasteiger partial charge in [-0.05, 0) is 111 Å². The molecule has 0 spiro atoms. The van der Waals surface area contributed by atoms with Crippen LogP contribution in [0.25, 0.3) is 0 Å². The average Bonchev–Trinajstić information content (AvgIpc) is 0.674. The first-order chi connectivity index (χ1) is 44.6. The summed E-state index contributed by atoms with van der Waals surface area (Å²) in [6.07, 6.45) is -42.0. The first-order valence-electron chi connectivity index (χ1n) is 33.6. The van der Waals surface area contributed by atoms with Gasteiger partial charge in [-0.1, -0.05) is 53.2 Å². The zero-order valence-corrected chi connectivity index (χ0v) is 54.9. The summed E-state index contributed by atoms with van der Waals surface area (Å²) in [6, 6.07) is 0. The van der Waals surface area contributed by atoms with E-state index >= 15 is 4.79 Å². The maximum absolute atomic E-state index is 15.5. The van der Waals surface area contributed by atoms with Gasteiger partial charge in [0.15, 0.2) is 37.6 Å². The van der Waals surface area contributed by atoms with Crippen LogP contribution in [-0.4, -0.2) is 315 Å². The topological polar surface area (TPSA) is 492 Å². The van der Waals surface area contributed by atoms with Gasteiger partial charge in [-0.25, -0.2) is 0 Å².